The molecule has 0 amide bonds. The standard InChI is InChI=1S/C9H12N2O2/c1-11-8(4-6-2-3-6)7(5-10-11)9(12)13/h5-6H,2-4H2,1H3,(H,12,13). The Morgan fingerprint density at radius 3 is 3.00 bits per heavy atom. The van der Waals surface area contributed by atoms with E-state index in [0.29, 0.717) is 11.5 Å². The first-order valence-electron chi connectivity index (χ1n) is 4.42. The fraction of sp³-hybridized carbons (Fsp3) is 0.556. The van der Waals surface area contributed by atoms with Crippen molar-refractivity contribution in [3.05, 3.63) is 17.5 Å². The lowest BCUT2D eigenvalue weighted by Gasteiger charge is -2.01. The Labute approximate surface area is 76.2 Å². The van der Waals surface area contributed by atoms with Gasteiger partial charge in [-0.3, -0.25) is 4.68 Å². The molecule has 1 aliphatic carbocycles. The number of hydrogen-bond acceptors (Lipinski definition) is 2. The van der Waals surface area contributed by atoms with Crippen LogP contribution in [0.4, 0.5) is 0 Å². The zero-order valence-electron chi connectivity index (χ0n) is 7.53. The molecule has 1 fully saturated rings. The molecule has 1 saturated carbocycles. The van der Waals surface area contributed by atoms with Crippen LogP contribution in [0.15, 0.2) is 6.20 Å². The lowest BCUT2D eigenvalue weighted by Crippen LogP contribution is -2.05. The number of aryl methyl sites for hydroxylation is 1. The number of hydrogen-bond donors (Lipinski definition) is 1. The average Bonchev–Trinajstić information content (AvgIpc) is 2.78. The summed E-state index contributed by atoms with van der Waals surface area (Å²) in [6.45, 7) is 0. The minimum atomic E-state index is -0.872. The summed E-state index contributed by atoms with van der Waals surface area (Å²) in [4.78, 5) is 10.8. The zero-order chi connectivity index (χ0) is 9.42. The predicted octanol–water partition coefficient (Wildman–Crippen LogP) is 1.07. The summed E-state index contributed by atoms with van der Waals surface area (Å²) in [5.41, 5.74) is 1.21. The van der Waals surface area contributed by atoms with E-state index in [-0.39, 0.29) is 0 Å². The van der Waals surface area contributed by atoms with Gasteiger partial charge in [0.05, 0.1) is 11.9 Å². The van der Waals surface area contributed by atoms with Crippen LogP contribution in [0.2, 0.25) is 0 Å². The summed E-state index contributed by atoms with van der Waals surface area (Å²) in [5.74, 6) is -0.183. The second-order valence-electron chi connectivity index (χ2n) is 3.58. The minimum Gasteiger partial charge on any atom is -0.478 e. The zero-order valence-corrected chi connectivity index (χ0v) is 7.53. The largest absolute Gasteiger partial charge is 0.478 e. The minimum absolute atomic E-state index is 0.356. The van der Waals surface area contributed by atoms with E-state index in [9.17, 15) is 4.79 Å². The highest BCUT2D eigenvalue weighted by Crippen LogP contribution is 2.33. The summed E-state index contributed by atoms with van der Waals surface area (Å²) in [6, 6.07) is 0. The van der Waals surface area contributed by atoms with E-state index in [1.165, 1.54) is 19.0 Å². The Morgan fingerprint density at radius 2 is 2.46 bits per heavy atom. The average molecular weight is 180 g/mol. The molecule has 0 unspecified atom stereocenters. The fourth-order valence-corrected chi connectivity index (χ4v) is 1.48. The Bertz CT molecular complexity index is 339. The third-order valence-corrected chi connectivity index (χ3v) is 2.47. The summed E-state index contributed by atoms with van der Waals surface area (Å²) in [6.07, 6.45) is 4.74. The quantitative estimate of drug-likeness (QED) is 0.757. The molecule has 13 heavy (non-hydrogen) atoms. The molecule has 0 saturated heterocycles. The van der Waals surface area contributed by atoms with Crippen LogP contribution in [0.5, 0.6) is 0 Å². The second kappa shape index (κ2) is 2.87. The normalized spacial score (nSPS) is 16.1. The second-order valence-corrected chi connectivity index (χ2v) is 3.58. The topological polar surface area (TPSA) is 55.1 Å². The van der Waals surface area contributed by atoms with E-state index in [1.807, 2.05) is 0 Å². The molecule has 1 aromatic heterocycles. The van der Waals surface area contributed by atoms with Crippen molar-refractivity contribution < 1.29 is 9.90 Å². The van der Waals surface area contributed by atoms with Gasteiger partial charge in [-0.25, -0.2) is 4.79 Å². The van der Waals surface area contributed by atoms with Crippen LogP contribution in [-0.4, -0.2) is 20.9 Å². The molecule has 1 N–H and O–H groups in total. The Morgan fingerprint density at radius 1 is 1.77 bits per heavy atom. The lowest BCUT2D eigenvalue weighted by molar-refractivity contribution is 0.0695. The van der Waals surface area contributed by atoms with Crippen LogP contribution >= 0.6 is 0 Å². The Balaban J connectivity index is 2.27. The molecule has 0 bridgehead atoms. The Hall–Kier alpha value is -1.32. The van der Waals surface area contributed by atoms with Crippen LogP contribution in [0.1, 0.15) is 28.9 Å². The van der Waals surface area contributed by atoms with Crippen molar-refractivity contribution in [2.45, 2.75) is 19.3 Å². The van der Waals surface area contributed by atoms with E-state index < -0.39 is 5.97 Å². The fourth-order valence-electron chi connectivity index (χ4n) is 1.48. The highest BCUT2D eigenvalue weighted by atomic mass is 16.4. The highest BCUT2D eigenvalue weighted by molar-refractivity contribution is 5.88. The van der Waals surface area contributed by atoms with Gasteiger partial charge >= 0.3 is 5.97 Å². The van der Waals surface area contributed by atoms with Crippen LogP contribution in [0.25, 0.3) is 0 Å². The van der Waals surface area contributed by atoms with Crippen molar-refractivity contribution in [2.24, 2.45) is 13.0 Å². The van der Waals surface area contributed by atoms with Crippen molar-refractivity contribution in [3.63, 3.8) is 0 Å². The molecule has 0 radical (unpaired) electrons. The van der Waals surface area contributed by atoms with Crippen molar-refractivity contribution >= 4 is 5.97 Å². The SMILES string of the molecule is Cn1ncc(C(=O)O)c1CC1CC1. The maximum absolute atomic E-state index is 10.8. The first kappa shape index (κ1) is 8.29. The smallest absolute Gasteiger partial charge is 0.339 e. The van der Waals surface area contributed by atoms with Gasteiger partial charge in [0, 0.05) is 7.05 Å². The van der Waals surface area contributed by atoms with Crippen LogP contribution < -0.4 is 0 Å². The van der Waals surface area contributed by atoms with E-state index in [4.69, 9.17) is 5.11 Å². The first-order valence-corrected chi connectivity index (χ1v) is 4.42. The molecule has 2 rings (SSSR count). The number of carbonyl (C=O) groups is 1. The maximum Gasteiger partial charge on any atom is 0.339 e. The van der Waals surface area contributed by atoms with Gasteiger partial charge in [0.25, 0.3) is 0 Å². The number of rotatable bonds is 3. The summed E-state index contributed by atoms with van der Waals surface area (Å²) in [7, 11) is 1.80. The number of carboxylic acids is 1. The molecule has 4 heteroatoms. The molecule has 1 heterocycles. The molecule has 0 atom stereocenters. The van der Waals surface area contributed by atoms with E-state index in [1.54, 1.807) is 11.7 Å². The molecule has 70 valence electrons. The maximum atomic E-state index is 10.8. The third-order valence-electron chi connectivity index (χ3n) is 2.47. The number of nitrogens with zero attached hydrogens (tertiary/aromatic N) is 2. The van der Waals surface area contributed by atoms with Gasteiger partial charge in [0.2, 0.25) is 0 Å². The van der Waals surface area contributed by atoms with Crippen molar-refractivity contribution in [1.82, 2.24) is 9.78 Å². The van der Waals surface area contributed by atoms with E-state index in [2.05, 4.69) is 5.10 Å². The molecule has 1 aromatic rings. The Kier molecular flexibility index (Phi) is 1.83. The van der Waals surface area contributed by atoms with Gasteiger partial charge in [-0.1, -0.05) is 0 Å². The van der Waals surface area contributed by atoms with Gasteiger partial charge in [-0.05, 0) is 25.2 Å². The van der Waals surface area contributed by atoms with Crippen molar-refractivity contribution in [3.8, 4) is 0 Å². The molecular formula is C9H12N2O2. The van der Waals surface area contributed by atoms with Crippen LogP contribution in [0, 0.1) is 5.92 Å². The van der Waals surface area contributed by atoms with Gasteiger partial charge in [-0.2, -0.15) is 5.10 Å². The van der Waals surface area contributed by atoms with Crippen molar-refractivity contribution in [1.29, 1.82) is 0 Å². The monoisotopic (exact) mass is 180 g/mol. The van der Waals surface area contributed by atoms with Gasteiger partial charge < -0.3 is 5.11 Å². The highest BCUT2D eigenvalue weighted by Gasteiger charge is 2.26. The van der Waals surface area contributed by atoms with Gasteiger partial charge in [0.1, 0.15) is 5.56 Å². The molecule has 0 aliphatic heterocycles. The number of carboxylic acid groups (broad SMARTS) is 1. The molecule has 0 aromatic carbocycles. The summed E-state index contributed by atoms with van der Waals surface area (Å²) >= 11 is 0. The van der Waals surface area contributed by atoms with E-state index >= 15 is 0 Å². The van der Waals surface area contributed by atoms with Gasteiger partial charge in [0.15, 0.2) is 0 Å². The summed E-state index contributed by atoms with van der Waals surface area (Å²) < 4.78 is 1.67. The first-order chi connectivity index (χ1) is 6.18. The lowest BCUT2D eigenvalue weighted by atomic mass is 10.1. The van der Waals surface area contributed by atoms with Crippen LogP contribution in [-0.2, 0) is 13.5 Å². The predicted molar refractivity (Wildman–Crippen MR) is 46.6 cm³/mol. The molecule has 1 aliphatic rings. The third kappa shape index (κ3) is 1.56. The summed E-state index contributed by atoms with van der Waals surface area (Å²) in [5, 5.41) is 12.8. The van der Waals surface area contributed by atoms with Crippen LogP contribution in [0.3, 0.4) is 0 Å². The van der Waals surface area contributed by atoms with Crippen molar-refractivity contribution in [2.75, 3.05) is 0 Å². The number of aromatic nitrogens is 2. The van der Waals surface area contributed by atoms with Gasteiger partial charge in [-0.15, -0.1) is 0 Å². The molecule has 0 spiro atoms. The molecular weight excluding hydrogens is 168 g/mol. The molecule has 4 nitrogen and oxygen atoms in total. The van der Waals surface area contributed by atoms with E-state index in [0.717, 1.165) is 12.1 Å². The number of aromatic carboxylic acids is 1.